The summed E-state index contributed by atoms with van der Waals surface area (Å²) in [6.45, 7) is 1.77. The number of aliphatic hydroxyl groups excluding tert-OH is 6. The molecule has 6 N–H and O–H groups in total. The van der Waals surface area contributed by atoms with Crippen molar-refractivity contribution in [3.8, 4) is 0 Å². The molecule has 0 fully saturated rings. The van der Waals surface area contributed by atoms with Crippen LogP contribution in [0.4, 0.5) is 0 Å². The molecule has 0 amide bonds. The minimum absolute atomic E-state index is 0. The summed E-state index contributed by atoms with van der Waals surface area (Å²) >= 11 is 0. The quantitative estimate of drug-likeness (QED) is 0.0545. The fourth-order valence-corrected chi connectivity index (χ4v) is 1.98. The van der Waals surface area contributed by atoms with Gasteiger partial charge in [-0.2, -0.15) is 0 Å². The van der Waals surface area contributed by atoms with E-state index in [1.165, 1.54) is 0 Å². The van der Waals surface area contributed by atoms with Gasteiger partial charge in [0.15, 0.2) is 0 Å². The summed E-state index contributed by atoms with van der Waals surface area (Å²) in [6.07, 6.45) is -1.30. The van der Waals surface area contributed by atoms with Crippen molar-refractivity contribution < 1.29 is 63.8 Å². The minimum Gasteiger partial charge on any atom is -0.554 e. The zero-order chi connectivity index (χ0) is 26.5. The van der Waals surface area contributed by atoms with E-state index in [-0.39, 0.29) is 92.5 Å². The van der Waals surface area contributed by atoms with Crippen LogP contribution in [0.25, 0.3) is 0 Å². The molecule has 2 atom stereocenters. The Balaban J connectivity index is -0.0000000734. The van der Waals surface area contributed by atoms with Gasteiger partial charge in [0.1, 0.15) is 0 Å². The Labute approximate surface area is 203 Å². The Morgan fingerprint density at radius 2 is 0.842 bits per heavy atom. The van der Waals surface area contributed by atoms with Gasteiger partial charge in [-0.05, 0) is 0 Å². The van der Waals surface area contributed by atoms with Crippen molar-refractivity contribution in [1.82, 2.24) is 0 Å². The van der Waals surface area contributed by atoms with Gasteiger partial charge in [-0.1, -0.05) is 0 Å². The summed E-state index contributed by atoms with van der Waals surface area (Å²) < 4.78 is 32.9. The van der Waals surface area contributed by atoms with E-state index < -0.39 is 17.6 Å². The van der Waals surface area contributed by atoms with Crippen molar-refractivity contribution in [1.29, 1.82) is 0 Å². The molecule has 0 heterocycles. The van der Waals surface area contributed by atoms with Crippen molar-refractivity contribution in [3.05, 3.63) is 28.4 Å². The number of aliphatic hydroxyl groups is 6. The SMILES string of the molecule is [CH2-]OCC(CO)(CO[CH2-])COCCO.[CH2-]OCC(O)COCCO.[CH2-]OCC(O)COCCO.[Rf].[Rf].[Rf].[Rf]. The van der Waals surface area contributed by atoms with Crippen molar-refractivity contribution in [2.45, 2.75) is 12.2 Å². The summed E-state index contributed by atoms with van der Waals surface area (Å²) in [7, 11) is 12.7. The Hall–Kier alpha value is -4.52. The van der Waals surface area contributed by atoms with Gasteiger partial charge in [0.2, 0.25) is 0 Å². The molecule has 0 rings (SSSR count). The summed E-state index contributed by atoms with van der Waals surface area (Å²) in [6, 6.07) is 0. The van der Waals surface area contributed by atoms with Gasteiger partial charge >= 0.3 is 0 Å². The summed E-state index contributed by atoms with van der Waals surface area (Å²) in [5.74, 6) is 0. The summed E-state index contributed by atoms with van der Waals surface area (Å²) in [5.41, 5.74) is -0.654. The van der Waals surface area contributed by atoms with Gasteiger partial charge in [0, 0.05) is 26.4 Å². The molecular weight excluding hydrogens is 1530 g/mol. The van der Waals surface area contributed by atoms with Crippen LogP contribution in [0, 0.1) is 33.9 Å². The van der Waals surface area contributed by atoms with Crippen LogP contribution in [0.15, 0.2) is 0 Å². The summed E-state index contributed by atoms with van der Waals surface area (Å²) in [4.78, 5) is 0. The smallest absolute Gasteiger partial charge is 0.0976 e. The molecule has 0 saturated heterocycles. The largest absolute Gasteiger partial charge is 0.554 e. The molecule has 13 nitrogen and oxygen atoms in total. The fraction of sp³-hybridized carbons (Fsp3) is 0.810. The third-order valence-electron chi connectivity index (χ3n) is 3.51. The van der Waals surface area contributed by atoms with Crippen molar-refractivity contribution >= 4 is 0 Å². The number of ether oxygens (including phenoxy) is 7. The zero-order valence-electron chi connectivity index (χ0n) is 22.8. The molecule has 2 unspecified atom stereocenters. The first kappa shape index (κ1) is 50.4. The molecule has 0 saturated carbocycles. The van der Waals surface area contributed by atoms with E-state index >= 15 is 0 Å². The Kier molecular flexibility index (Phi) is 52.6. The van der Waals surface area contributed by atoms with E-state index in [4.69, 9.17) is 49.2 Å². The third-order valence-corrected chi connectivity index (χ3v) is 3.51. The number of hydrogen-bond donors (Lipinski definition) is 6. The van der Waals surface area contributed by atoms with Crippen LogP contribution in [-0.2, 0) is 33.2 Å². The number of rotatable bonds is 21. The van der Waals surface area contributed by atoms with E-state index in [9.17, 15) is 5.11 Å². The molecule has 0 aliphatic heterocycles. The van der Waals surface area contributed by atoms with Gasteiger partial charge in [-0.15, -0.1) is 0 Å². The summed E-state index contributed by atoms with van der Waals surface area (Å²) in [5, 5.41) is 52.0. The van der Waals surface area contributed by atoms with Crippen LogP contribution in [0.3, 0.4) is 0 Å². The average Bonchev–Trinajstić information content (AvgIpc) is 2.81. The Morgan fingerprint density at radius 3 is 1.11 bits per heavy atom. The van der Waals surface area contributed by atoms with Gasteiger partial charge in [0.05, 0.1) is 83.7 Å². The first-order valence-electron chi connectivity index (χ1n) is 10.4. The first-order valence-corrected chi connectivity index (χ1v) is 10.4. The molecule has 0 radical (unpaired) electrons. The van der Waals surface area contributed by atoms with E-state index in [0.717, 1.165) is 0 Å². The van der Waals surface area contributed by atoms with Crippen LogP contribution in [-0.4, -0.2) is 135 Å². The maximum Gasteiger partial charge on any atom is 0.0976 e. The van der Waals surface area contributed by atoms with Crippen LogP contribution in [0.5, 0.6) is 0 Å². The molecule has 0 aromatic carbocycles. The molecule has 0 bridgehead atoms. The Bertz CT molecular complexity index is 358. The maximum absolute atomic E-state index is 9.18. The average molecular weight is 1570 g/mol. The van der Waals surface area contributed by atoms with E-state index in [2.05, 4.69) is 37.9 Å². The normalized spacial score (nSPS) is 11.5. The van der Waals surface area contributed by atoms with E-state index in [1.54, 1.807) is 0 Å². The third kappa shape index (κ3) is 36.1. The van der Waals surface area contributed by atoms with Gasteiger partial charge in [-0.3, -0.25) is 0 Å². The fourth-order valence-electron chi connectivity index (χ4n) is 1.98. The Morgan fingerprint density at radius 1 is 0.500 bits per heavy atom. The van der Waals surface area contributed by atoms with Gasteiger partial charge in [0.25, 0.3) is 0 Å². The molecule has 0 aromatic heterocycles. The standard InChI is InChI=1S/C9H18O5.2C6H13O4.4Rf/c1-12-6-9(5-11,7-13-2)8-14-4-3-10;2*1-9-4-6(8)5-10-3-2-7;;;;/h10-11H,1-8H2;2*6-8H,1-5H2;;;;/q-2;2*-1;;;;. The van der Waals surface area contributed by atoms with Crippen LogP contribution >= 0.6 is 0 Å². The molecule has 0 spiro atoms. The monoisotopic (exact) mass is 1570 g/mol. The molecular formula is C21H44O13Rf4-4. The predicted molar refractivity (Wildman–Crippen MR) is 120 cm³/mol. The zero-order valence-corrected chi connectivity index (χ0v) is 48.3. The van der Waals surface area contributed by atoms with Gasteiger partial charge < -0.3 is 63.8 Å². The van der Waals surface area contributed by atoms with Crippen LogP contribution < -0.4 is 0 Å². The second kappa shape index (κ2) is 39.7. The maximum atomic E-state index is 9.18. The second-order valence-electron chi connectivity index (χ2n) is 6.78. The molecule has 0 aliphatic carbocycles. The van der Waals surface area contributed by atoms with Crippen molar-refractivity contribution in [3.63, 3.8) is 0 Å². The van der Waals surface area contributed by atoms with Crippen LogP contribution in [0.1, 0.15) is 0 Å². The van der Waals surface area contributed by atoms with E-state index in [0.29, 0.717) is 0 Å². The topological polar surface area (TPSA) is 186 Å². The minimum atomic E-state index is -0.654. The molecule has 218 valence electrons. The molecule has 0 aliphatic rings. The molecule has 38 heavy (non-hydrogen) atoms. The molecule has 17 heteroatoms. The predicted octanol–water partition coefficient (Wildman–Crippen LogP) is -2.08. The van der Waals surface area contributed by atoms with Crippen molar-refractivity contribution in [2.24, 2.45) is 5.41 Å². The van der Waals surface area contributed by atoms with E-state index in [1.807, 2.05) is 0 Å². The van der Waals surface area contributed by atoms with Gasteiger partial charge in [-0.25, -0.2) is 28.4 Å². The first-order chi connectivity index (χ1) is 16.4. The second-order valence-corrected chi connectivity index (χ2v) is 6.78. The van der Waals surface area contributed by atoms with Crippen LogP contribution in [0.2, 0.25) is 0 Å². The van der Waals surface area contributed by atoms with Crippen molar-refractivity contribution in [2.75, 3.05) is 92.5 Å². The number of hydrogen-bond acceptors (Lipinski definition) is 13. The molecule has 0 aromatic rings.